The van der Waals surface area contributed by atoms with Crippen LogP contribution in [0.15, 0.2) is 0 Å². The molecule has 0 bridgehead atoms. The van der Waals surface area contributed by atoms with Crippen LogP contribution in [0, 0.1) is 11.8 Å². The molecule has 2 aromatic carbocycles. The zero-order chi connectivity index (χ0) is 74.1. The Hall–Kier alpha value is -4.89. The van der Waals surface area contributed by atoms with Crippen molar-refractivity contribution in [1.29, 1.82) is 0 Å². The molecule has 580 valence electrons. The first-order valence-electron chi connectivity index (χ1n) is 41.8. The predicted molar refractivity (Wildman–Crippen MR) is 411 cm³/mol. The standard InChI is InChI=1S/C86H146O15/c1-8-14-20-26-32-38-39-45-51-57-67(7)70(66-87)73(90)65-69-68(59-60-72(89)71(88)58-52-46-40-33-27-21-15-9-2)81(91)76-75(74(69)82(92)93)77(83(94)98-61-53-47-41-34-28-22-16-10-3)79(85(96)100-63-55-49-43-36-30-24-18-12-5)80(86(97)101-64-56-50-44-37-31-25-19-13-6)78(76)84(95)99-62-54-48-42-35-29-23-17-11-4/h67,70-71,87-88,91H,8-66H2,1-7H3,(H,92,93). The lowest BCUT2D eigenvalue weighted by Gasteiger charge is -2.26. The highest BCUT2D eigenvalue weighted by Gasteiger charge is 2.42. The summed E-state index contributed by atoms with van der Waals surface area (Å²) in [5, 5.41) is 46.8. The van der Waals surface area contributed by atoms with Gasteiger partial charge in [-0.25, -0.2) is 24.0 Å². The molecule has 101 heavy (non-hydrogen) atoms. The highest BCUT2D eigenvalue weighted by molar-refractivity contribution is 6.28. The molecule has 4 N–H and O–H groups in total. The second-order valence-electron chi connectivity index (χ2n) is 29.5. The van der Waals surface area contributed by atoms with E-state index in [0.29, 0.717) is 64.2 Å². The monoisotopic (exact) mass is 1420 g/mol. The van der Waals surface area contributed by atoms with Crippen LogP contribution in [0.25, 0.3) is 10.8 Å². The van der Waals surface area contributed by atoms with Gasteiger partial charge in [-0.15, -0.1) is 0 Å². The van der Waals surface area contributed by atoms with E-state index in [9.17, 15) is 30.0 Å². The Morgan fingerprint density at radius 1 is 0.337 bits per heavy atom. The first kappa shape index (κ1) is 92.2. The second kappa shape index (κ2) is 60.4. The number of benzene rings is 2. The number of fused-ring (bicyclic) bond motifs is 1. The smallest absolute Gasteiger partial charge is 0.339 e. The maximum absolute atomic E-state index is 15.7. The molecule has 3 unspecified atom stereocenters. The number of carbonyl (C=O) groups excluding carboxylic acids is 6. The SMILES string of the molecule is CCCCCCCCCCCC(C)C(CO)C(=O)Cc1c(CCC(=O)C(O)CCCCCCCCCC)c(O)c2c(C(=O)OCCCCCCCCCC)c(C(=O)OCCCCCCCCCC)c(C(=O)OCCCCCCCCCC)c(C(=O)OCCCCCCCCCC)c2c1C(=O)O. The van der Waals surface area contributed by atoms with Crippen molar-refractivity contribution in [2.45, 2.75) is 401 Å². The van der Waals surface area contributed by atoms with Crippen molar-refractivity contribution in [1.82, 2.24) is 0 Å². The molecule has 0 fully saturated rings. The van der Waals surface area contributed by atoms with Crippen molar-refractivity contribution >= 4 is 52.2 Å². The molecule has 0 amide bonds. The summed E-state index contributed by atoms with van der Waals surface area (Å²) in [6.07, 6.45) is 44.8. The zero-order valence-corrected chi connectivity index (χ0v) is 65.2. The summed E-state index contributed by atoms with van der Waals surface area (Å²) < 4.78 is 24.4. The lowest BCUT2D eigenvalue weighted by Crippen LogP contribution is -2.29. The van der Waals surface area contributed by atoms with Gasteiger partial charge in [-0.05, 0) is 62.0 Å². The molecule has 0 aliphatic carbocycles. The second-order valence-corrected chi connectivity index (χ2v) is 29.5. The molecular formula is C86H146O15. The van der Waals surface area contributed by atoms with E-state index in [2.05, 4.69) is 41.5 Å². The van der Waals surface area contributed by atoms with Gasteiger partial charge in [-0.3, -0.25) is 9.59 Å². The van der Waals surface area contributed by atoms with Crippen molar-refractivity contribution in [3.8, 4) is 5.75 Å². The number of phenolic OH excluding ortho intramolecular Hbond substituents is 1. The largest absolute Gasteiger partial charge is 0.507 e. The molecule has 15 heteroatoms. The van der Waals surface area contributed by atoms with E-state index in [4.69, 9.17) is 18.9 Å². The number of hydrogen-bond acceptors (Lipinski definition) is 14. The van der Waals surface area contributed by atoms with Crippen LogP contribution >= 0.6 is 0 Å². The summed E-state index contributed by atoms with van der Waals surface area (Å²) in [7, 11) is 0. The fraction of sp³-hybridized carbons (Fsp3) is 0.802. The van der Waals surface area contributed by atoms with E-state index in [1.54, 1.807) is 0 Å². The van der Waals surface area contributed by atoms with Gasteiger partial charge in [-0.2, -0.15) is 0 Å². The molecule has 3 atom stereocenters. The molecular weight excluding hydrogens is 1270 g/mol. The molecule has 0 aromatic heterocycles. The van der Waals surface area contributed by atoms with Gasteiger partial charge in [0, 0.05) is 29.5 Å². The van der Waals surface area contributed by atoms with E-state index >= 15 is 24.0 Å². The first-order valence-corrected chi connectivity index (χ1v) is 41.8. The van der Waals surface area contributed by atoms with Crippen molar-refractivity contribution < 1.29 is 72.9 Å². The fourth-order valence-corrected chi connectivity index (χ4v) is 14.2. The van der Waals surface area contributed by atoms with Gasteiger partial charge < -0.3 is 39.4 Å². The number of carbonyl (C=O) groups is 7. The third-order valence-corrected chi connectivity index (χ3v) is 20.6. The van der Waals surface area contributed by atoms with Crippen molar-refractivity contribution in [3.63, 3.8) is 0 Å². The Bertz CT molecular complexity index is 2570. The van der Waals surface area contributed by atoms with Crippen LogP contribution in [0.1, 0.15) is 445 Å². The molecule has 15 nitrogen and oxygen atoms in total. The number of ketones is 2. The minimum Gasteiger partial charge on any atom is -0.507 e. The third-order valence-electron chi connectivity index (χ3n) is 20.6. The number of aliphatic hydroxyl groups excluding tert-OH is 2. The summed E-state index contributed by atoms with van der Waals surface area (Å²) in [6, 6.07) is 0. The highest BCUT2D eigenvalue weighted by Crippen LogP contribution is 2.45. The molecule has 0 spiro atoms. The van der Waals surface area contributed by atoms with Crippen molar-refractivity contribution in [2.75, 3.05) is 33.0 Å². The van der Waals surface area contributed by atoms with Gasteiger partial charge in [0.2, 0.25) is 0 Å². The van der Waals surface area contributed by atoms with E-state index in [-0.39, 0.29) is 49.9 Å². The number of hydrogen-bond donors (Lipinski definition) is 4. The van der Waals surface area contributed by atoms with Crippen LogP contribution in [0.4, 0.5) is 0 Å². The van der Waals surface area contributed by atoms with Crippen LogP contribution in [0.2, 0.25) is 0 Å². The molecule has 0 heterocycles. The van der Waals surface area contributed by atoms with Crippen LogP contribution in [-0.2, 0) is 41.4 Å². The van der Waals surface area contributed by atoms with E-state index in [0.717, 1.165) is 225 Å². The Labute approximate surface area is 613 Å². The fourth-order valence-electron chi connectivity index (χ4n) is 14.2. The number of carboxylic acids is 1. The van der Waals surface area contributed by atoms with Crippen LogP contribution in [0.3, 0.4) is 0 Å². The Kier molecular flexibility index (Phi) is 55.1. The lowest BCUT2D eigenvalue weighted by atomic mass is 9.78. The molecule has 2 aromatic rings. The van der Waals surface area contributed by atoms with E-state index in [1.165, 1.54) is 32.1 Å². The number of rotatable bonds is 69. The maximum atomic E-state index is 15.7. The lowest BCUT2D eigenvalue weighted by molar-refractivity contribution is -0.127. The average molecular weight is 1420 g/mol. The van der Waals surface area contributed by atoms with Crippen molar-refractivity contribution in [3.05, 3.63) is 38.9 Å². The number of esters is 4. The van der Waals surface area contributed by atoms with Crippen LogP contribution in [0.5, 0.6) is 5.75 Å². The van der Waals surface area contributed by atoms with E-state index < -0.39 is 124 Å². The predicted octanol–water partition coefficient (Wildman–Crippen LogP) is 23.1. The minimum absolute atomic E-state index is 0.158. The first-order chi connectivity index (χ1) is 49.1. The number of aliphatic hydroxyl groups is 2. The van der Waals surface area contributed by atoms with Gasteiger partial charge in [0.15, 0.2) is 5.78 Å². The quantitative estimate of drug-likeness (QED) is 0.0274. The van der Waals surface area contributed by atoms with Gasteiger partial charge in [0.25, 0.3) is 0 Å². The zero-order valence-electron chi connectivity index (χ0n) is 65.2. The summed E-state index contributed by atoms with van der Waals surface area (Å²) in [5.74, 6) is -9.99. The van der Waals surface area contributed by atoms with Gasteiger partial charge in [-0.1, -0.05) is 337 Å². The Balaban J connectivity index is 3.27. The number of phenols is 1. The number of aromatic hydroxyl groups is 1. The molecule has 0 aliphatic rings. The van der Waals surface area contributed by atoms with Crippen LogP contribution < -0.4 is 0 Å². The van der Waals surface area contributed by atoms with Gasteiger partial charge >= 0.3 is 29.8 Å². The molecule has 0 aliphatic heterocycles. The number of unbranched alkanes of at least 4 members (excludes halogenated alkanes) is 43. The average Bonchev–Trinajstić information content (AvgIpc) is 0.709. The third kappa shape index (κ3) is 38.1. The molecule has 2 rings (SSSR count). The molecule has 0 radical (unpaired) electrons. The summed E-state index contributed by atoms with van der Waals surface area (Å²) in [5.41, 5.74) is -4.36. The van der Waals surface area contributed by atoms with Crippen molar-refractivity contribution in [2.24, 2.45) is 11.8 Å². The summed E-state index contributed by atoms with van der Waals surface area (Å²) >= 11 is 0. The number of aromatic carboxylic acids is 1. The Morgan fingerprint density at radius 3 is 0.921 bits per heavy atom. The van der Waals surface area contributed by atoms with E-state index in [1.807, 2.05) is 6.92 Å². The van der Waals surface area contributed by atoms with Crippen LogP contribution in [-0.4, -0.2) is 101 Å². The summed E-state index contributed by atoms with van der Waals surface area (Å²) in [6.45, 7) is 13.6. The molecule has 0 saturated heterocycles. The number of Topliss-reactive ketones (excluding diaryl/α,β-unsaturated/α-hetero) is 2. The Morgan fingerprint density at radius 2 is 0.614 bits per heavy atom. The maximum Gasteiger partial charge on any atom is 0.339 e. The normalized spacial score (nSPS) is 12.4. The number of ether oxygens (including phenoxy) is 4. The van der Waals surface area contributed by atoms with Gasteiger partial charge in [0.05, 0.1) is 60.9 Å². The minimum atomic E-state index is -1.72. The topological polar surface area (TPSA) is 237 Å². The number of carboxylic acid groups (broad SMARTS) is 1. The summed E-state index contributed by atoms with van der Waals surface area (Å²) in [4.78, 5) is 107. The molecule has 0 saturated carbocycles. The highest BCUT2D eigenvalue weighted by atomic mass is 16.5. The van der Waals surface area contributed by atoms with Gasteiger partial charge in [0.1, 0.15) is 17.6 Å².